The van der Waals surface area contributed by atoms with E-state index in [0.717, 1.165) is 19.3 Å². The molecule has 0 aromatic carbocycles. The third-order valence-electron chi connectivity index (χ3n) is 9.87. The van der Waals surface area contributed by atoms with Crippen LogP contribution in [0, 0.1) is 35.0 Å². The van der Waals surface area contributed by atoms with E-state index in [9.17, 15) is 4.79 Å². The van der Waals surface area contributed by atoms with Crippen molar-refractivity contribution in [3.05, 3.63) is 23.3 Å². The second-order valence-corrected chi connectivity index (χ2v) is 17.4. The Morgan fingerprint density at radius 3 is 2.60 bits per heavy atom. The molecular formula is C26H41ClO2Si. The van der Waals surface area contributed by atoms with E-state index >= 15 is 0 Å². The Balaban J connectivity index is 1.63. The molecule has 4 heteroatoms. The molecule has 0 spiro atoms. The first-order valence-corrected chi connectivity index (χ1v) is 15.5. The quantitative estimate of drug-likeness (QED) is 0.417. The van der Waals surface area contributed by atoms with Crippen LogP contribution in [-0.4, -0.2) is 20.2 Å². The monoisotopic (exact) mass is 448 g/mol. The van der Waals surface area contributed by atoms with Crippen LogP contribution in [0.5, 0.6) is 0 Å². The molecule has 0 bridgehead atoms. The van der Waals surface area contributed by atoms with Crippen molar-refractivity contribution in [2.45, 2.75) is 96.9 Å². The Morgan fingerprint density at radius 2 is 1.93 bits per heavy atom. The number of carbonyl (C=O) groups excluding carboxylic acids is 1. The molecule has 0 radical (unpaired) electrons. The fraction of sp³-hybridized carbons (Fsp3) is 0.808. The van der Waals surface area contributed by atoms with Crippen LogP contribution in [0.25, 0.3) is 0 Å². The van der Waals surface area contributed by atoms with Crippen LogP contribution >= 0.6 is 11.6 Å². The van der Waals surface area contributed by atoms with Crippen LogP contribution in [-0.2, 0) is 9.22 Å². The van der Waals surface area contributed by atoms with E-state index in [2.05, 4.69) is 46.9 Å². The molecule has 0 N–H and O–H groups in total. The maximum Gasteiger partial charge on any atom is 0.192 e. The zero-order valence-corrected chi connectivity index (χ0v) is 21.6. The van der Waals surface area contributed by atoms with E-state index in [0.29, 0.717) is 41.5 Å². The molecule has 3 fully saturated rings. The first kappa shape index (κ1) is 22.8. The molecular weight excluding hydrogens is 408 g/mol. The Bertz CT molecular complexity index is 749. The van der Waals surface area contributed by atoms with Crippen molar-refractivity contribution >= 4 is 25.7 Å². The lowest BCUT2D eigenvalue weighted by atomic mass is 9.49. The highest BCUT2D eigenvalue weighted by atomic mass is 35.5. The number of halogens is 1. The van der Waals surface area contributed by atoms with E-state index in [4.69, 9.17) is 16.0 Å². The van der Waals surface area contributed by atoms with Crippen LogP contribution in [0.1, 0.15) is 72.6 Å². The first-order valence-electron chi connectivity index (χ1n) is 12.2. The molecule has 4 aliphatic rings. The highest BCUT2D eigenvalue weighted by Crippen LogP contribution is 2.64. The Labute approximate surface area is 190 Å². The van der Waals surface area contributed by atoms with E-state index in [-0.39, 0.29) is 10.5 Å². The van der Waals surface area contributed by atoms with Gasteiger partial charge in [0.05, 0.1) is 6.10 Å². The lowest BCUT2D eigenvalue weighted by molar-refractivity contribution is -0.116. The molecule has 30 heavy (non-hydrogen) atoms. The number of hydrogen-bond acceptors (Lipinski definition) is 2. The van der Waals surface area contributed by atoms with Gasteiger partial charge >= 0.3 is 0 Å². The van der Waals surface area contributed by atoms with E-state index in [1.54, 1.807) is 5.54 Å². The summed E-state index contributed by atoms with van der Waals surface area (Å²) >= 11 is 6.13. The van der Waals surface area contributed by atoms with Crippen LogP contribution in [0.15, 0.2) is 23.3 Å². The van der Waals surface area contributed by atoms with E-state index in [1.807, 2.05) is 6.08 Å². The summed E-state index contributed by atoms with van der Waals surface area (Å²) in [6.45, 7) is 14.4. The minimum absolute atomic E-state index is 0.252. The molecule has 2 nitrogen and oxygen atoms in total. The second-order valence-electron chi connectivity index (χ2n) is 12.4. The van der Waals surface area contributed by atoms with Crippen molar-refractivity contribution in [1.82, 2.24) is 0 Å². The predicted octanol–water partition coefficient (Wildman–Crippen LogP) is 7.50. The zero-order chi connectivity index (χ0) is 21.9. The van der Waals surface area contributed by atoms with Gasteiger partial charge in [0.2, 0.25) is 0 Å². The van der Waals surface area contributed by atoms with Crippen molar-refractivity contribution < 1.29 is 9.22 Å². The summed E-state index contributed by atoms with van der Waals surface area (Å²) in [4.78, 5) is 12.1. The van der Waals surface area contributed by atoms with Gasteiger partial charge in [0.1, 0.15) is 0 Å². The standard InChI is InChI=1S/C26H41ClO2Si/c1-25(2,3)30(5,6)29-23-10-9-22-24-17(12-14-27)15-18-16-19(28)7-8-20(18)21(24)11-13-26(22,23)4/h12,14,16-17,20-24H,7-11,13,15H2,1-6H3/b14-12+/t17-,20+,21-,22+,23+,24-,26+/m1/s1. The van der Waals surface area contributed by atoms with Gasteiger partial charge in [0.15, 0.2) is 14.1 Å². The molecule has 0 saturated heterocycles. The zero-order valence-electron chi connectivity index (χ0n) is 19.8. The normalized spacial score (nSPS) is 42.0. The van der Waals surface area contributed by atoms with Crippen LogP contribution < -0.4 is 0 Å². The minimum atomic E-state index is -1.79. The van der Waals surface area contributed by atoms with Gasteiger partial charge in [0.25, 0.3) is 0 Å². The van der Waals surface area contributed by atoms with E-state index < -0.39 is 8.32 Å². The van der Waals surface area contributed by atoms with Gasteiger partial charge in [-0.2, -0.15) is 0 Å². The average Bonchev–Trinajstić information content (AvgIpc) is 2.96. The first-order chi connectivity index (χ1) is 14.0. The van der Waals surface area contributed by atoms with Gasteiger partial charge < -0.3 is 4.43 Å². The van der Waals surface area contributed by atoms with Crippen molar-refractivity contribution in [2.24, 2.45) is 35.0 Å². The molecule has 0 aromatic heterocycles. The maximum absolute atomic E-state index is 12.1. The third kappa shape index (κ3) is 3.71. The summed E-state index contributed by atoms with van der Waals surface area (Å²) in [7, 11) is -1.79. The second kappa shape index (κ2) is 7.88. The lowest BCUT2D eigenvalue weighted by Crippen LogP contribution is -2.53. The molecule has 168 valence electrons. The fourth-order valence-corrected chi connectivity index (χ4v) is 8.89. The fourth-order valence-electron chi connectivity index (χ4n) is 7.25. The smallest absolute Gasteiger partial charge is 0.192 e. The van der Waals surface area contributed by atoms with Crippen LogP contribution in [0.2, 0.25) is 18.1 Å². The molecule has 0 aromatic rings. The van der Waals surface area contributed by atoms with Crippen molar-refractivity contribution in [1.29, 1.82) is 0 Å². The highest BCUT2D eigenvalue weighted by Gasteiger charge is 2.59. The summed E-state index contributed by atoms with van der Waals surface area (Å²) in [5.74, 6) is 3.53. The molecule has 0 aliphatic heterocycles. The largest absolute Gasteiger partial charge is 0.413 e. The summed E-state index contributed by atoms with van der Waals surface area (Å²) in [6, 6.07) is 0. The Morgan fingerprint density at radius 1 is 1.20 bits per heavy atom. The van der Waals surface area contributed by atoms with Gasteiger partial charge in [-0.05, 0) is 97.7 Å². The van der Waals surface area contributed by atoms with Crippen LogP contribution in [0.4, 0.5) is 0 Å². The number of fused-ring (bicyclic) bond motifs is 5. The molecule has 4 rings (SSSR count). The molecule has 0 unspecified atom stereocenters. The minimum Gasteiger partial charge on any atom is -0.413 e. The highest BCUT2D eigenvalue weighted by molar-refractivity contribution is 6.74. The van der Waals surface area contributed by atoms with Gasteiger partial charge in [-0.1, -0.05) is 50.9 Å². The lowest BCUT2D eigenvalue weighted by Gasteiger charge is -2.56. The van der Waals surface area contributed by atoms with Gasteiger partial charge in [-0.15, -0.1) is 0 Å². The molecule has 4 aliphatic carbocycles. The third-order valence-corrected chi connectivity index (χ3v) is 14.5. The topological polar surface area (TPSA) is 26.3 Å². The number of allylic oxidation sites excluding steroid dienone is 2. The molecule has 7 atom stereocenters. The molecule has 0 heterocycles. The average molecular weight is 449 g/mol. The van der Waals surface area contributed by atoms with Crippen molar-refractivity contribution in [3.63, 3.8) is 0 Å². The Kier molecular flexibility index (Phi) is 5.99. The summed E-state index contributed by atoms with van der Waals surface area (Å²) < 4.78 is 7.07. The SMILES string of the molecule is CC(C)(C)[Si](C)(C)O[C@H]1CC[C@H]2[C@H]3[C@H](CC[C@]12C)[C@H]1CCC(=O)C=C1C[C@H]3/C=C/Cl. The number of rotatable bonds is 3. The predicted molar refractivity (Wildman–Crippen MR) is 128 cm³/mol. The molecule has 3 saturated carbocycles. The van der Waals surface area contributed by atoms with Crippen LogP contribution in [0.3, 0.4) is 0 Å². The van der Waals surface area contributed by atoms with E-state index in [1.165, 1.54) is 31.3 Å². The Hall–Kier alpha value is -0.383. The molecule has 0 amide bonds. The number of ketones is 1. The van der Waals surface area contributed by atoms with Gasteiger partial charge in [-0.3, -0.25) is 4.79 Å². The van der Waals surface area contributed by atoms with Crippen molar-refractivity contribution in [3.8, 4) is 0 Å². The van der Waals surface area contributed by atoms with Gasteiger partial charge in [-0.25, -0.2) is 0 Å². The number of carbonyl (C=O) groups is 1. The summed E-state index contributed by atoms with van der Waals surface area (Å²) in [5, 5.41) is 0.252. The van der Waals surface area contributed by atoms with Crippen molar-refractivity contribution in [2.75, 3.05) is 0 Å². The summed E-state index contributed by atoms with van der Waals surface area (Å²) in [5.41, 5.74) is 3.43. The van der Waals surface area contributed by atoms with Gasteiger partial charge in [0, 0.05) is 12.0 Å². The maximum atomic E-state index is 12.1. The summed E-state index contributed by atoms with van der Waals surface area (Å²) in [6.07, 6.45) is 12.5. The number of hydrogen-bond donors (Lipinski definition) is 0.